The second-order valence-electron chi connectivity index (χ2n) is 6.65. The summed E-state index contributed by atoms with van der Waals surface area (Å²) in [6, 6.07) is 8.33. The van der Waals surface area contributed by atoms with E-state index < -0.39 is 0 Å². The van der Waals surface area contributed by atoms with Crippen LogP contribution in [0, 0.1) is 5.41 Å². The van der Waals surface area contributed by atoms with E-state index in [1.165, 1.54) is 11.1 Å². The van der Waals surface area contributed by atoms with Gasteiger partial charge in [-0.3, -0.25) is 4.99 Å². The first-order chi connectivity index (χ1) is 10.9. The average molecular weight is 321 g/mol. The smallest absolute Gasteiger partial charge is 0.191 e. The third kappa shape index (κ3) is 7.01. The lowest BCUT2D eigenvalue weighted by molar-refractivity contribution is 0.0205. The van der Waals surface area contributed by atoms with Crippen LogP contribution in [0.15, 0.2) is 29.3 Å². The van der Waals surface area contributed by atoms with E-state index in [0.29, 0.717) is 19.7 Å². The Balaban J connectivity index is 2.53. The van der Waals surface area contributed by atoms with Crippen molar-refractivity contribution >= 4 is 5.96 Å². The van der Waals surface area contributed by atoms with E-state index >= 15 is 0 Å². The Morgan fingerprint density at radius 1 is 1.17 bits per heavy atom. The van der Waals surface area contributed by atoms with Crippen LogP contribution in [0.25, 0.3) is 0 Å². The summed E-state index contributed by atoms with van der Waals surface area (Å²) in [5.41, 5.74) is 2.44. The monoisotopic (exact) mass is 321 g/mol. The SMILES string of the molecule is CN=C(NCc1cccc(COC)c1)NCC(OC)C(C)(C)C. The highest BCUT2D eigenvalue weighted by atomic mass is 16.5. The van der Waals surface area contributed by atoms with Gasteiger partial charge in [0.15, 0.2) is 5.96 Å². The molecule has 2 N–H and O–H groups in total. The number of hydrogen-bond acceptors (Lipinski definition) is 3. The lowest BCUT2D eigenvalue weighted by atomic mass is 9.89. The molecule has 5 heteroatoms. The molecule has 1 unspecified atom stereocenters. The molecule has 0 aliphatic carbocycles. The summed E-state index contributed by atoms with van der Waals surface area (Å²) in [5, 5.41) is 6.65. The molecule has 1 aromatic carbocycles. The quantitative estimate of drug-likeness (QED) is 0.599. The van der Waals surface area contributed by atoms with Crippen LogP contribution in [0.3, 0.4) is 0 Å². The highest BCUT2D eigenvalue weighted by Gasteiger charge is 2.24. The van der Waals surface area contributed by atoms with Crippen molar-refractivity contribution < 1.29 is 9.47 Å². The second-order valence-corrected chi connectivity index (χ2v) is 6.65. The minimum Gasteiger partial charge on any atom is -0.380 e. The van der Waals surface area contributed by atoms with Crippen molar-refractivity contribution in [3.05, 3.63) is 35.4 Å². The van der Waals surface area contributed by atoms with Crippen LogP contribution in [0.1, 0.15) is 31.9 Å². The predicted molar refractivity (Wildman–Crippen MR) is 95.6 cm³/mol. The minimum atomic E-state index is 0.0785. The summed E-state index contributed by atoms with van der Waals surface area (Å²) in [6.07, 6.45) is 0.117. The molecule has 1 atom stereocenters. The fourth-order valence-corrected chi connectivity index (χ4v) is 2.33. The van der Waals surface area contributed by atoms with Crippen molar-refractivity contribution in [1.82, 2.24) is 10.6 Å². The largest absolute Gasteiger partial charge is 0.380 e. The Bertz CT molecular complexity index is 495. The van der Waals surface area contributed by atoms with Gasteiger partial charge < -0.3 is 20.1 Å². The predicted octanol–water partition coefficient (Wildman–Crippen LogP) is 2.56. The van der Waals surface area contributed by atoms with E-state index in [1.54, 1.807) is 21.3 Å². The summed E-state index contributed by atoms with van der Waals surface area (Å²) < 4.78 is 10.7. The topological polar surface area (TPSA) is 54.9 Å². The van der Waals surface area contributed by atoms with Crippen molar-refractivity contribution in [3.8, 4) is 0 Å². The van der Waals surface area contributed by atoms with Gasteiger partial charge in [-0.1, -0.05) is 45.0 Å². The first-order valence-corrected chi connectivity index (χ1v) is 7.94. The molecule has 0 fully saturated rings. The third-order valence-corrected chi connectivity index (χ3v) is 3.69. The minimum absolute atomic E-state index is 0.0785. The summed E-state index contributed by atoms with van der Waals surface area (Å²) in [4.78, 5) is 4.26. The zero-order valence-corrected chi connectivity index (χ0v) is 15.3. The number of ether oxygens (including phenoxy) is 2. The molecule has 0 heterocycles. The van der Waals surface area contributed by atoms with Crippen molar-refractivity contribution in [2.24, 2.45) is 10.4 Å². The van der Waals surface area contributed by atoms with Gasteiger partial charge in [-0.05, 0) is 16.5 Å². The fraction of sp³-hybridized carbons (Fsp3) is 0.611. The second kappa shape index (κ2) is 9.53. The van der Waals surface area contributed by atoms with Crippen LogP contribution < -0.4 is 10.6 Å². The van der Waals surface area contributed by atoms with Gasteiger partial charge in [0.1, 0.15) is 0 Å². The van der Waals surface area contributed by atoms with Crippen LogP contribution in [0.5, 0.6) is 0 Å². The van der Waals surface area contributed by atoms with Gasteiger partial charge in [0, 0.05) is 34.4 Å². The highest BCUT2D eigenvalue weighted by molar-refractivity contribution is 5.79. The number of guanidine groups is 1. The summed E-state index contributed by atoms with van der Waals surface area (Å²) in [5.74, 6) is 0.772. The van der Waals surface area contributed by atoms with Crippen LogP contribution in [-0.4, -0.2) is 39.9 Å². The van der Waals surface area contributed by atoms with Crippen molar-refractivity contribution in [3.63, 3.8) is 0 Å². The van der Waals surface area contributed by atoms with E-state index in [1.807, 2.05) is 6.07 Å². The molecule has 0 bridgehead atoms. The molecular weight excluding hydrogens is 290 g/mol. The van der Waals surface area contributed by atoms with Gasteiger partial charge in [-0.25, -0.2) is 0 Å². The molecule has 1 aromatic rings. The number of nitrogens with zero attached hydrogens (tertiary/aromatic N) is 1. The number of aliphatic imine (C=N–C) groups is 1. The molecular formula is C18H31N3O2. The zero-order chi connectivity index (χ0) is 17.3. The first-order valence-electron chi connectivity index (χ1n) is 7.94. The van der Waals surface area contributed by atoms with Gasteiger partial charge in [0.05, 0.1) is 12.7 Å². The van der Waals surface area contributed by atoms with E-state index in [4.69, 9.17) is 9.47 Å². The molecule has 1 rings (SSSR count). The van der Waals surface area contributed by atoms with Crippen LogP contribution in [0.4, 0.5) is 0 Å². The Morgan fingerprint density at radius 3 is 2.43 bits per heavy atom. The van der Waals surface area contributed by atoms with Crippen molar-refractivity contribution in [2.45, 2.75) is 40.0 Å². The van der Waals surface area contributed by atoms with E-state index in [2.05, 4.69) is 54.6 Å². The molecule has 0 saturated carbocycles. The van der Waals surface area contributed by atoms with Gasteiger partial charge in [-0.15, -0.1) is 0 Å². The first kappa shape index (κ1) is 19.5. The summed E-state index contributed by atoms with van der Waals surface area (Å²) in [6.45, 7) is 8.55. The number of nitrogens with one attached hydrogen (secondary N) is 2. The van der Waals surface area contributed by atoms with E-state index in [9.17, 15) is 0 Å². The maximum absolute atomic E-state index is 5.56. The van der Waals surface area contributed by atoms with Gasteiger partial charge >= 0.3 is 0 Å². The summed E-state index contributed by atoms with van der Waals surface area (Å²) in [7, 11) is 5.22. The zero-order valence-electron chi connectivity index (χ0n) is 15.3. The lowest BCUT2D eigenvalue weighted by Crippen LogP contribution is -2.45. The highest BCUT2D eigenvalue weighted by Crippen LogP contribution is 2.20. The Kier molecular flexibility index (Phi) is 8.06. The Morgan fingerprint density at radius 2 is 1.87 bits per heavy atom. The molecule has 5 nitrogen and oxygen atoms in total. The fourth-order valence-electron chi connectivity index (χ4n) is 2.33. The average Bonchev–Trinajstić information content (AvgIpc) is 2.50. The number of hydrogen-bond donors (Lipinski definition) is 2. The third-order valence-electron chi connectivity index (χ3n) is 3.69. The molecule has 0 saturated heterocycles. The molecule has 130 valence electrons. The van der Waals surface area contributed by atoms with E-state index in [-0.39, 0.29) is 11.5 Å². The van der Waals surface area contributed by atoms with Crippen molar-refractivity contribution in [1.29, 1.82) is 0 Å². The molecule has 23 heavy (non-hydrogen) atoms. The molecule has 0 aromatic heterocycles. The maximum atomic E-state index is 5.56. The number of benzene rings is 1. The Labute approximate surface area is 140 Å². The van der Waals surface area contributed by atoms with Gasteiger partial charge in [0.25, 0.3) is 0 Å². The molecule has 0 aliphatic heterocycles. The molecule has 0 spiro atoms. The van der Waals surface area contributed by atoms with Crippen LogP contribution in [-0.2, 0) is 22.6 Å². The number of methoxy groups -OCH3 is 2. The maximum Gasteiger partial charge on any atom is 0.191 e. The Hall–Kier alpha value is -1.59. The normalized spacial score (nSPS) is 13.7. The lowest BCUT2D eigenvalue weighted by Gasteiger charge is -2.30. The standard InChI is InChI=1S/C18H31N3O2/c1-18(2,3)16(23-6)12-21-17(19-4)20-11-14-8-7-9-15(10-14)13-22-5/h7-10,16H,11-13H2,1-6H3,(H2,19,20,21). The number of rotatable bonds is 7. The molecule has 0 radical (unpaired) electrons. The van der Waals surface area contributed by atoms with Gasteiger partial charge in [0.2, 0.25) is 0 Å². The molecule has 0 aliphatic rings. The summed E-state index contributed by atoms with van der Waals surface area (Å²) >= 11 is 0. The van der Waals surface area contributed by atoms with Crippen LogP contribution >= 0.6 is 0 Å². The molecule has 0 amide bonds. The van der Waals surface area contributed by atoms with Crippen molar-refractivity contribution in [2.75, 3.05) is 27.8 Å². The van der Waals surface area contributed by atoms with Crippen LogP contribution in [0.2, 0.25) is 0 Å². The van der Waals surface area contributed by atoms with E-state index in [0.717, 1.165) is 5.96 Å². The van der Waals surface area contributed by atoms with Gasteiger partial charge in [-0.2, -0.15) is 0 Å².